The van der Waals surface area contributed by atoms with Crippen LogP contribution in [-0.2, 0) is 20.9 Å². The maximum absolute atomic E-state index is 14.0. The zero-order valence-corrected chi connectivity index (χ0v) is 24.4. The molecular formula is C30H43N3O4S. The minimum atomic E-state index is -0.954. The Balaban J connectivity index is 2.45. The Labute approximate surface area is 233 Å². The van der Waals surface area contributed by atoms with Crippen molar-refractivity contribution in [3.8, 4) is 0 Å². The first-order valence-corrected chi connectivity index (χ1v) is 13.9. The van der Waals surface area contributed by atoms with E-state index in [1.165, 1.54) is 0 Å². The number of carbonyl (C=O) groups excluding carboxylic acids is 3. The molecule has 0 fully saturated rings. The first-order valence-electron chi connectivity index (χ1n) is 13.3. The summed E-state index contributed by atoms with van der Waals surface area (Å²) in [5, 5.41) is 5.69. The second-order valence-corrected chi connectivity index (χ2v) is 11.0. The zero-order chi connectivity index (χ0) is 28.3. The van der Waals surface area contributed by atoms with E-state index < -0.39 is 23.8 Å². The molecule has 2 aromatic carbocycles. The molecule has 2 unspecified atom stereocenters. The van der Waals surface area contributed by atoms with E-state index in [2.05, 4.69) is 30.2 Å². The lowest BCUT2D eigenvalue weighted by molar-refractivity contribution is -0.142. The number of hydrogen-bond donors (Lipinski definition) is 3. The highest BCUT2D eigenvalue weighted by atomic mass is 32.1. The van der Waals surface area contributed by atoms with Crippen LogP contribution in [0, 0.1) is 13.8 Å². The van der Waals surface area contributed by atoms with Crippen LogP contribution < -0.4 is 10.6 Å². The van der Waals surface area contributed by atoms with Crippen molar-refractivity contribution in [2.24, 2.45) is 0 Å². The van der Waals surface area contributed by atoms with Gasteiger partial charge in [0.25, 0.3) is 0 Å². The average Bonchev–Trinajstić information content (AvgIpc) is 2.85. The maximum Gasteiger partial charge on any atom is 0.408 e. The monoisotopic (exact) mass is 541 g/mol. The van der Waals surface area contributed by atoms with Crippen LogP contribution >= 0.6 is 12.6 Å². The smallest absolute Gasteiger partial charge is 0.408 e. The molecule has 8 heteroatoms. The lowest BCUT2D eigenvalue weighted by Gasteiger charge is -2.35. The van der Waals surface area contributed by atoms with Crippen molar-refractivity contribution < 1.29 is 19.1 Å². The van der Waals surface area contributed by atoms with Gasteiger partial charge in [0.1, 0.15) is 17.7 Å². The van der Waals surface area contributed by atoms with Gasteiger partial charge in [-0.25, -0.2) is 4.79 Å². The Morgan fingerprint density at radius 3 is 2.29 bits per heavy atom. The standard InChI is InChI=1S/C30H43N3O4S/c1-7-8-12-17-33(28(35)25(20-38)32-29(36)37-30(4,5)6)26(24-16-15-21(2)18-22(24)3)27(34)31-19-23-13-10-9-11-14-23/h9-11,13-16,18,25-26,38H,7-8,12,17,19-20H2,1-6H3,(H,31,34)(H,32,36). The number of hydrogen-bond acceptors (Lipinski definition) is 5. The normalized spacial score (nSPS) is 12.8. The number of nitrogens with one attached hydrogen (secondary N) is 2. The van der Waals surface area contributed by atoms with Crippen LogP contribution in [-0.4, -0.2) is 46.7 Å². The van der Waals surface area contributed by atoms with Crippen molar-refractivity contribution in [1.82, 2.24) is 15.5 Å². The predicted octanol–water partition coefficient (Wildman–Crippen LogP) is 5.50. The van der Waals surface area contributed by atoms with Gasteiger partial charge in [0, 0.05) is 18.8 Å². The average molecular weight is 542 g/mol. The summed E-state index contributed by atoms with van der Waals surface area (Å²) in [5.41, 5.74) is 2.98. The summed E-state index contributed by atoms with van der Waals surface area (Å²) in [7, 11) is 0. The van der Waals surface area contributed by atoms with Gasteiger partial charge in [0.05, 0.1) is 0 Å². The minimum Gasteiger partial charge on any atom is -0.444 e. The summed E-state index contributed by atoms with van der Waals surface area (Å²) in [4.78, 5) is 41.9. The van der Waals surface area contributed by atoms with Crippen LogP contribution in [0.3, 0.4) is 0 Å². The number of amides is 3. The van der Waals surface area contributed by atoms with Crippen molar-refractivity contribution in [2.75, 3.05) is 12.3 Å². The van der Waals surface area contributed by atoms with Gasteiger partial charge < -0.3 is 20.3 Å². The van der Waals surface area contributed by atoms with Gasteiger partial charge in [-0.05, 0) is 57.7 Å². The molecule has 0 heterocycles. The Morgan fingerprint density at radius 1 is 1.03 bits per heavy atom. The molecule has 0 aliphatic carbocycles. The summed E-state index contributed by atoms with van der Waals surface area (Å²) in [6, 6.07) is 13.7. The molecule has 2 atom stereocenters. The Hall–Kier alpha value is -3.00. The molecule has 0 saturated carbocycles. The van der Waals surface area contributed by atoms with Crippen molar-refractivity contribution in [2.45, 2.75) is 85.0 Å². The van der Waals surface area contributed by atoms with Crippen LogP contribution in [0.5, 0.6) is 0 Å². The zero-order valence-electron chi connectivity index (χ0n) is 23.5. The Kier molecular flexibility index (Phi) is 12.2. The number of aryl methyl sites for hydroxylation is 2. The molecule has 2 aromatic rings. The Morgan fingerprint density at radius 2 is 1.71 bits per heavy atom. The molecule has 0 aliphatic rings. The van der Waals surface area contributed by atoms with E-state index >= 15 is 0 Å². The van der Waals surface area contributed by atoms with E-state index in [1.807, 2.05) is 62.4 Å². The highest BCUT2D eigenvalue weighted by Crippen LogP contribution is 2.27. The lowest BCUT2D eigenvalue weighted by Crippen LogP contribution is -2.54. The number of benzene rings is 2. The molecular weight excluding hydrogens is 498 g/mol. The number of thiol groups is 1. The molecule has 3 amide bonds. The fraction of sp³-hybridized carbons (Fsp3) is 0.500. The molecule has 0 saturated heterocycles. The van der Waals surface area contributed by atoms with E-state index in [0.29, 0.717) is 13.1 Å². The van der Waals surface area contributed by atoms with Crippen LogP contribution in [0.4, 0.5) is 4.79 Å². The minimum absolute atomic E-state index is 0.0631. The van der Waals surface area contributed by atoms with Gasteiger partial charge in [0.2, 0.25) is 11.8 Å². The van der Waals surface area contributed by atoms with Gasteiger partial charge in [-0.15, -0.1) is 0 Å². The SMILES string of the molecule is CCCCCN(C(=O)C(CS)NC(=O)OC(C)(C)C)C(C(=O)NCc1ccccc1)c1ccc(C)cc1C. The van der Waals surface area contributed by atoms with E-state index in [-0.39, 0.29) is 17.6 Å². The molecule has 0 spiro atoms. The van der Waals surface area contributed by atoms with E-state index in [9.17, 15) is 14.4 Å². The first kappa shape index (κ1) is 31.2. The van der Waals surface area contributed by atoms with Gasteiger partial charge in [-0.3, -0.25) is 9.59 Å². The molecule has 0 aliphatic heterocycles. The molecule has 0 bridgehead atoms. The highest BCUT2D eigenvalue weighted by molar-refractivity contribution is 7.80. The number of carbonyl (C=O) groups is 3. The second-order valence-electron chi connectivity index (χ2n) is 10.6. The van der Waals surface area contributed by atoms with Crippen LogP contribution in [0.15, 0.2) is 48.5 Å². The topological polar surface area (TPSA) is 87.7 Å². The lowest BCUT2D eigenvalue weighted by atomic mass is 9.96. The number of nitrogens with zero attached hydrogens (tertiary/aromatic N) is 1. The van der Waals surface area contributed by atoms with Crippen molar-refractivity contribution >= 4 is 30.5 Å². The fourth-order valence-corrected chi connectivity index (χ4v) is 4.45. The van der Waals surface area contributed by atoms with Gasteiger partial charge in [-0.1, -0.05) is 73.9 Å². The highest BCUT2D eigenvalue weighted by Gasteiger charge is 2.36. The van der Waals surface area contributed by atoms with Crippen molar-refractivity contribution in [3.63, 3.8) is 0 Å². The van der Waals surface area contributed by atoms with E-state index in [4.69, 9.17) is 4.74 Å². The molecule has 2 rings (SSSR count). The fourth-order valence-electron chi connectivity index (χ4n) is 4.20. The summed E-state index contributed by atoms with van der Waals surface area (Å²) in [5.74, 6) is -0.587. The first-order chi connectivity index (χ1) is 18.0. The predicted molar refractivity (Wildman–Crippen MR) is 155 cm³/mol. The van der Waals surface area contributed by atoms with E-state index in [1.54, 1.807) is 25.7 Å². The number of alkyl carbamates (subject to hydrolysis) is 1. The molecule has 208 valence electrons. The molecule has 2 N–H and O–H groups in total. The molecule has 38 heavy (non-hydrogen) atoms. The summed E-state index contributed by atoms with van der Waals surface area (Å²) in [6.45, 7) is 12.0. The van der Waals surface area contributed by atoms with Gasteiger partial charge >= 0.3 is 6.09 Å². The molecule has 0 aromatic heterocycles. The summed E-state index contributed by atoms with van der Waals surface area (Å²) >= 11 is 4.36. The van der Waals surface area contributed by atoms with Crippen LogP contribution in [0.1, 0.15) is 75.3 Å². The number of ether oxygens (including phenoxy) is 1. The van der Waals surface area contributed by atoms with Crippen LogP contribution in [0.25, 0.3) is 0 Å². The largest absolute Gasteiger partial charge is 0.444 e. The van der Waals surface area contributed by atoms with Gasteiger partial charge in [0.15, 0.2) is 0 Å². The molecule has 7 nitrogen and oxygen atoms in total. The Bertz CT molecular complexity index is 1070. The van der Waals surface area contributed by atoms with Crippen molar-refractivity contribution in [3.05, 3.63) is 70.8 Å². The summed E-state index contributed by atoms with van der Waals surface area (Å²) in [6.07, 6.45) is 1.89. The maximum atomic E-state index is 14.0. The quantitative estimate of drug-likeness (QED) is 0.245. The molecule has 0 radical (unpaired) electrons. The third-order valence-electron chi connectivity index (χ3n) is 6.05. The third-order valence-corrected chi connectivity index (χ3v) is 6.41. The number of unbranched alkanes of at least 4 members (excludes halogenated alkanes) is 2. The third kappa shape index (κ3) is 9.71. The van der Waals surface area contributed by atoms with Crippen LogP contribution in [0.2, 0.25) is 0 Å². The second kappa shape index (κ2) is 14.8. The number of rotatable bonds is 12. The van der Waals surface area contributed by atoms with Crippen molar-refractivity contribution in [1.29, 1.82) is 0 Å². The van der Waals surface area contributed by atoms with E-state index in [0.717, 1.165) is 41.5 Å². The van der Waals surface area contributed by atoms with Gasteiger partial charge in [-0.2, -0.15) is 12.6 Å². The summed E-state index contributed by atoms with van der Waals surface area (Å²) < 4.78 is 5.38.